The number of ether oxygens (including phenoxy) is 2. The topological polar surface area (TPSA) is 18.5 Å². The lowest BCUT2D eigenvalue weighted by atomic mass is 10.6. The highest BCUT2D eigenvalue weighted by Crippen LogP contribution is 2.17. The monoisotopic (exact) mass is 156 g/mol. The minimum absolute atomic E-state index is 0.222. The Morgan fingerprint density at radius 3 is 1.62 bits per heavy atom. The molecule has 1 aliphatic rings. The van der Waals surface area contributed by atoms with Crippen molar-refractivity contribution in [2.45, 2.75) is 12.6 Å². The zero-order chi connectivity index (χ0) is 5.98. The summed E-state index contributed by atoms with van der Waals surface area (Å²) in [4.78, 5) is 0. The maximum absolute atomic E-state index is 5.33. The predicted octanol–water partition coefficient (Wildman–Crippen LogP) is 1.16. The van der Waals surface area contributed by atoms with Gasteiger partial charge >= 0.3 is 0 Å². The van der Waals surface area contributed by atoms with Crippen LogP contribution in [0, 0.1) is 0 Å². The van der Waals surface area contributed by atoms with Crippen molar-refractivity contribution in [1.82, 2.24) is 0 Å². The van der Waals surface area contributed by atoms with Crippen LogP contribution in [0.15, 0.2) is 0 Å². The summed E-state index contributed by atoms with van der Waals surface area (Å²) >= 11 is 10.7. The van der Waals surface area contributed by atoms with Crippen LogP contribution >= 0.6 is 23.2 Å². The highest BCUT2D eigenvalue weighted by Gasteiger charge is 2.28. The first kappa shape index (κ1) is 6.62. The van der Waals surface area contributed by atoms with Gasteiger partial charge in [-0.2, -0.15) is 0 Å². The number of rotatable bonds is 2. The molecule has 0 atom stereocenters. The molecule has 1 fully saturated rings. The molecule has 0 aromatic rings. The van der Waals surface area contributed by atoms with Gasteiger partial charge < -0.3 is 9.47 Å². The summed E-state index contributed by atoms with van der Waals surface area (Å²) < 4.78 is 9.90. The van der Waals surface area contributed by atoms with E-state index in [1.54, 1.807) is 0 Å². The standard InChI is InChI=1S/C4H6Cl2O2/c5-1-3-7-4(2-6)8-3/h3-4H,1-2H2. The first-order chi connectivity index (χ1) is 3.86. The molecule has 0 N–H and O–H groups in total. The quantitative estimate of drug-likeness (QED) is 0.560. The second-order valence-corrected chi connectivity index (χ2v) is 2.06. The van der Waals surface area contributed by atoms with Gasteiger partial charge in [0, 0.05) is 0 Å². The van der Waals surface area contributed by atoms with Crippen molar-refractivity contribution in [1.29, 1.82) is 0 Å². The van der Waals surface area contributed by atoms with E-state index in [1.807, 2.05) is 0 Å². The van der Waals surface area contributed by atoms with E-state index in [2.05, 4.69) is 0 Å². The van der Waals surface area contributed by atoms with E-state index in [-0.39, 0.29) is 12.6 Å². The summed E-state index contributed by atoms with van der Waals surface area (Å²) in [5.74, 6) is 0.765. The van der Waals surface area contributed by atoms with Crippen LogP contribution in [0.1, 0.15) is 0 Å². The van der Waals surface area contributed by atoms with Gasteiger partial charge in [0.15, 0.2) is 12.6 Å². The Balaban J connectivity index is 2.03. The summed E-state index contributed by atoms with van der Waals surface area (Å²) in [6, 6.07) is 0. The average Bonchev–Trinajstić information content (AvgIpc) is 1.65. The second-order valence-electron chi connectivity index (χ2n) is 1.44. The Hall–Kier alpha value is 0.500. The Morgan fingerprint density at radius 1 is 1.00 bits per heavy atom. The van der Waals surface area contributed by atoms with Crippen LogP contribution in [0.3, 0.4) is 0 Å². The lowest BCUT2D eigenvalue weighted by molar-refractivity contribution is -0.364. The minimum Gasteiger partial charge on any atom is -0.321 e. The van der Waals surface area contributed by atoms with Crippen LogP contribution < -0.4 is 0 Å². The Morgan fingerprint density at radius 2 is 1.38 bits per heavy atom. The zero-order valence-electron chi connectivity index (χ0n) is 4.14. The SMILES string of the molecule is ClCC1OC(CCl)O1. The highest BCUT2D eigenvalue weighted by atomic mass is 35.5. The fourth-order valence-electron chi connectivity index (χ4n) is 0.494. The van der Waals surface area contributed by atoms with E-state index in [0.717, 1.165) is 0 Å². The molecule has 0 unspecified atom stereocenters. The summed E-state index contributed by atoms with van der Waals surface area (Å²) in [6.07, 6.45) is -0.444. The number of alkyl halides is 2. The lowest BCUT2D eigenvalue weighted by Crippen LogP contribution is -2.43. The van der Waals surface area contributed by atoms with Crippen LogP contribution in [-0.4, -0.2) is 24.3 Å². The Kier molecular flexibility index (Phi) is 2.38. The van der Waals surface area contributed by atoms with Gasteiger partial charge in [0.05, 0.1) is 11.8 Å². The van der Waals surface area contributed by atoms with Crippen molar-refractivity contribution in [3.05, 3.63) is 0 Å². The molecule has 1 saturated heterocycles. The molecule has 0 spiro atoms. The molecule has 0 amide bonds. The molecule has 0 saturated carbocycles. The van der Waals surface area contributed by atoms with Crippen molar-refractivity contribution < 1.29 is 9.47 Å². The maximum atomic E-state index is 5.33. The van der Waals surface area contributed by atoms with Gasteiger partial charge in [0.25, 0.3) is 0 Å². The van der Waals surface area contributed by atoms with Gasteiger partial charge in [-0.15, -0.1) is 23.2 Å². The van der Waals surface area contributed by atoms with Gasteiger partial charge in [-0.05, 0) is 0 Å². The molecule has 0 radical (unpaired) electrons. The van der Waals surface area contributed by atoms with Crippen LogP contribution in [0.4, 0.5) is 0 Å². The molecule has 0 aromatic carbocycles. The first-order valence-electron chi connectivity index (χ1n) is 2.29. The lowest BCUT2D eigenvalue weighted by Gasteiger charge is -2.33. The normalized spacial score (nSPS) is 36.8. The summed E-state index contributed by atoms with van der Waals surface area (Å²) in [5.41, 5.74) is 0. The van der Waals surface area contributed by atoms with Gasteiger partial charge in [-0.3, -0.25) is 0 Å². The largest absolute Gasteiger partial charge is 0.321 e. The third-order valence-corrected chi connectivity index (χ3v) is 1.36. The zero-order valence-corrected chi connectivity index (χ0v) is 5.65. The predicted molar refractivity (Wildman–Crippen MR) is 31.2 cm³/mol. The Labute approximate surface area is 57.7 Å². The summed E-state index contributed by atoms with van der Waals surface area (Å²) in [5, 5.41) is 0. The van der Waals surface area contributed by atoms with Gasteiger partial charge in [0.1, 0.15) is 0 Å². The first-order valence-corrected chi connectivity index (χ1v) is 3.36. The van der Waals surface area contributed by atoms with Crippen molar-refractivity contribution in [3.8, 4) is 0 Å². The number of hydrogen-bond acceptors (Lipinski definition) is 2. The second kappa shape index (κ2) is 2.87. The summed E-state index contributed by atoms with van der Waals surface area (Å²) in [6.45, 7) is 0. The van der Waals surface area contributed by atoms with Crippen molar-refractivity contribution >= 4 is 23.2 Å². The fourth-order valence-corrected chi connectivity index (χ4v) is 0.785. The molecule has 0 aliphatic carbocycles. The Bertz CT molecular complexity index is 64.4. The van der Waals surface area contributed by atoms with Gasteiger partial charge in [-0.25, -0.2) is 0 Å². The summed E-state index contributed by atoms with van der Waals surface area (Å²) in [7, 11) is 0. The van der Waals surface area contributed by atoms with Crippen molar-refractivity contribution in [2.24, 2.45) is 0 Å². The van der Waals surface area contributed by atoms with Crippen molar-refractivity contribution in [3.63, 3.8) is 0 Å². The van der Waals surface area contributed by atoms with Gasteiger partial charge in [-0.1, -0.05) is 0 Å². The van der Waals surface area contributed by atoms with E-state index in [1.165, 1.54) is 0 Å². The van der Waals surface area contributed by atoms with E-state index in [9.17, 15) is 0 Å². The van der Waals surface area contributed by atoms with E-state index >= 15 is 0 Å². The fraction of sp³-hybridized carbons (Fsp3) is 1.00. The average molecular weight is 157 g/mol. The molecule has 8 heavy (non-hydrogen) atoms. The van der Waals surface area contributed by atoms with E-state index < -0.39 is 0 Å². The molecular formula is C4H6Cl2O2. The van der Waals surface area contributed by atoms with Crippen LogP contribution in [0.25, 0.3) is 0 Å². The van der Waals surface area contributed by atoms with Crippen LogP contribution in [0.2, 0.25) is 0 Å². The van der Waals surface area contributed by atoms with Crippen LogP contribution in [0.5, 0.6) is 0 Å². The van der Waals surface area contributed by atoms with E-state index in [4.69, 9.17) is 32.7 Å². The van der Waals surface area contributed by atoms with Crippen LogP contribution in [-0.2, 0) is 9.47 Å². The van der Waals surface area contributed by atoms with Crippen molar-refractivity contribution in [2.75, 3.05) is 11.8 Å². The molecule has 48 valence electrons. The molecule has 1 heterocycles. The molecule has 4 heteroatoms. The molecule has 1 rings (SSSR count). The molecule has 1 aliphatic heterocycles. The minimum atomic E-state index is -0.222. The molecule has 0 aromatic heterocycles. The third-order valence-electron chi connectivity index (χ3n) is 0.859. The number of hydrogen-bond donors (Lipinski definition) is 0. The third kappa shape index (κ3) is 1.26. The molecular weight excluding hydrogens is 151 g/mol. The number of halogens is 2. The van der Waals surface area contributed by atoms with E-state index in [0.29, 0.717) is 11.8 Å². The molecule has 2 nitrogen and oxygen atoms in total. The van der Waals surface area contributed by atoms with Gasteiger partial charge in [0.2, 0.25) is 0 Å². The smallest absolute Gasteiger partial charge is 0.177 e. The maximum Gasteiger partial charge on any atom is 0.177 e. The highest BCUT2D eigenvalue weighted by molar-refractivity contribution is 6.18. The molecule has 0 bridgehead atoms.